The molecule has 0 aromatic heterocycles. The van der Waals surface area contributed by atoms with Crippen LogP contribution in [0.5, 0.6) is 0 Å². The first-order chi connectivity index (χ1) is 9.40. The van der Waals surface area contributed by atoms with Crippen molar-refractivity contribution in [3.05, 3.63) is 29.3 Å². The summed E-state index contributed by atoms with van der Waals surface area (Å²) >= 11 is 0. The molecule has 2 rings (SSSR count). The summed E-state index contributed by atoms with van der Waals surface area (Å²) < 4.78 is 31.1. The van der Waals surface area contributed by atoms with E-state index in [-0.39, 0.29) is 5.75 Å². The maximum atomic E-state index is 11.1. The monoisotopic (exact) mass is 298 g/mol. The molecule has 0 amide bonds. The summed E-state index contributed by atoms with van der Waals surface area (Å²) in [5, 5.41) is 0. The van der Waals surface area contributed by atoms with Crippen LogP contribution in [0, 0.1) is 6.92 Å². The molecule has 112 valence electrons. The second kappa shape index (κ2) is 6.11. The van der Waals surface area contributed by atoms with E-state index in [0.29, 0.717) is 5.56 Å². The summed E-state index contributed by atoms with van der Waals surface area (Å²) in [6.45, 7) is 9.09. The van der Waals surface area contributed by atoms with Gasteiger partial charge in [-0.05, 0) is 30.7 Å². The maximum absolute atomic E-state index is 11.1. The highest BCUT2D eigenvalue weighted by Gasteiger charge is 2.19. The lowest BCUT2D eigenvalue weighted by atomic mass is 10.1. The summed E-state index contributed by atoms with van der Waals surface area (Å²) in [6.07, 6.45) is 0. The van der Waals surface area contributed by atoms with Crippen molar-refractivity contribution in [1.29, 1.82) is 0 Å². The Morgan fingerprint density at radius 2 is 1.85 bits per heavy atom. The zero-order valence-electron chi connectivity index (χ0n) is 12.0. The van der Waals surface area contributed by atoms with Gasteiger partial charge in [0.1, 0.15) is 5.75 Å². The first-order valence-corrected chi connectivity index (χ1v) is 8.52. The van der Waals surface area contributed by atoms with Gasteiger partial charge in [0.05, 0.1) is 0 Å². The van der Waals surface area contributed by atoms with Crippen LogP contribution in [0.15, 0.2) is 18.2 Å². The number of hydrogen-bond donors (Lipinski definition) is 1. The van der Waals surface area contributed by atoms with E-state index in [1.807, 2.05) is 19.1 Å². The van der Waals surface area contributed by atoms with E-state index in [4.69, 9.17) is 4.55 Å². The molecule has 1 aromatic rings. The Morgan fingerprint density at radius 3 is 2.40 bits per heavy atom. The van der Waals surface area contributed by atoms with Gasteiger partial charge >= 0.3 is 0 Å². The minimum absolute atomic E-state index is 0.318. The van der Waals surface area contributed by atoms with Crippen molar-refractivity contribution in [1.82, 2.24) is 4.90 Å². The topological polar surface area (TPSA) is 60.9 Å². The molecule has 0 atom stereocenters. The quantitative estimate of drug-likeness (QED) is 0.854. The standard InChI is InChI=1S/C14H22N2O3S/c1-3-15-7-9-16(10-8-15)14-6-4-5-13(12(14)2)11-20(17,18)19/h4-6H,3,7-11H2,1-2H3,(H,17,18,19). The number of piperazine rings is 1. The van der Waals surface area contributed by atoms with Gasteiger partial charge in [-0.1, -0.05) is 19.1 Å². The lowest BCUT2D eigenvalue weighted by molar-refractivity contribution is 0.271. The molecule has 0 aliphatic carbocycles. The van der Waals surface area contributed by atoms with Crippen LogP contribution in [-0.2, 0) is 15.9 Å². The predicted octanol–water partition coefficient (Wildman–Crippen LogP) is 1.52. The van der Waals surface area contributed by atoms with Crippen LogP contribution >= 0.6 is 0 Å². The second-order valence-corrected chi connectivity index (χ2v) is 6.66. The van der Waals surface area contributed by atoms with Crippen molar-refractivity contribution >= 4 is 15.8 Å². The highest BCUT2D eigenvalue weighted by molar-refractivity contribution is 7.85. The van der Waals surface area contributed by atoms with Gasteiger partial charge < -0.3 is 9.80 Å². The Morgan fingerprint density at radius 1 is 1.20 bits per heavy atom. The van der Waals surface area contributed by atoms with Crippen molar-refractivity contribution in [2.45, 2.75) is 19.6 Å². The van der Waals surface area contributed by atoms with E-state index in [1.165, 1.54) is 0 Å². The van der Waals surface area contributed by atoms with Gasteiger partial charge in [-0.2, -0.15) is 8.42 Å². The normalized spacial score (nSPS) is 17.4. The van der Waals surface area contributed by atoms with Crippen molar-refractivity contribution in [2.75, 3.05) is 37.6 Å². The van der Waals surface area contributed by atoms with Gasteiger partial charge in [0.2, 0.25) is 0 Å². The number of likely N-dealkylation sites (N-methyl/N-ethyl adjacent to an activating group) is 1. The van der Waals surface area contributed by atoms with Gasteiger partial charge in [0, 0.05) is 31.9 Å². The Hall–Kier alpha value is -1.11. The minimum Gasteiger partial charge on any atom is -0.369 e. The van der Waals surface area contributed by atoms with Crippen LogP contribution in [0.2, 0.25) is 0 Å². The fourth-order valence-electron chi connectivity index (χ4n) is 2.67. The Kier molecular flexibility index (Phi) is 4.67. The van der Waals surface area contributed by atoms with E-state index in [0.717, 1.165) is 44.0 Å². The molecule has 1 saturated heterocycles. The second-order valence-electron chi connectivity index (χ2n) is 5.21. The molecule has 1 heterocycles. The fraction of sp³-hybridized carbons (Fsp3) is 0.571. The predicted molar refractivity (Wildman–Crippen MR) is 80.8 cm³/mol. The van der Waals surface area contributed by atoms with Gasteiger partial charge in [-0.3, -0.25) is 4.55 Å². The van der Waals surface area contributed by atoms with E-state index >= 15 is 0 Å². The van der Waals surface area contributed by atoms with Crippen LogP contribution in [-0.4, -0.2) is 50.6 Å². The zero-order valence-corrected chi connectivity index (χ0v) is 12.9. The lowest BCUT2D eigenvalue weighted by Crippen LogP contribution is -2.46. The molecule has 5 nitrogen and oxygen atoms in total. The molecule has 0 radical (unpaired) electrons. The third-order valence-electron chi connectivity index (χ3n) is 3.92. The Labute approximate surface area is 120 Å². The Balaban J connectivity index is 2.19. The molecular formula is C14H22N2O3S. The molecular weight excluding hydrogens is 276 g/mol. The van der Waals surface area contributed by atoms with Gasteiger partial charge in [0.25, 0.3) is 10.1 Å². The lowest BCUT2D eigenvalue weighted by Gasteiger charge is -2.36. The van der Waals surface area contributed by atoms with Crippen LogP contribution in [0.25, 0.3) is 0 Å². The van der Waals surface area contributed by atoms with Gasteiger partial charge in [0.15, 0.2) is 0 Å². The molecule has 1 aromatic carbocycles. The van der Waals surface area contributed by atoms with Crippen LogP contribution in [0.1, 0.15) is 18.1 Å². The zero-order chi connectivity index (χ0) is 14.8. The smallest absolute Gasteiger partial charge is 0.269 e. The van der Waals surface area contributed by atoms with E-state index < -0.39 is 10.1 Å². The van der Waals surface area contributed by atoms with Crippen LogP contribution in [0.3, 0.4) is 0 Å². The van der Waals surface area contributed by atoms with Crippen molar-refractivity contribution in [3.8, 4) is 0 Å². The number of rotatable bonds is 4. The molecule has 0 saturated carbocycles. The highest BCUT2D eigenvalue weighted by atomic mass is 32.2. The Bertz CT molecular complexity index is 564. The summed E-state index contributed by atoms with van der Waals surface area (Å²) in [5.41, 5.74) is 2.68. The molecule has 20 heavy (non-hydrogen) atoms. The summed E-state index contributed by atoms with van der Waals surface area (Å²) in [5.74, 6) is -0.318. The molecule has 1 N–H and O–H groups in total. The van der Waals surface area contributed by atoms with Crippen molar-refractivity contribution < 1.29 is 13.0 Å². The average molecular weight is 298 g/mol. The fourth-order valence-corrected chi connectivity index (χ4v) is 3.38. The molecule has 0 bridgehead atoms. The van der Waals surface area contributed by atoms with E-state index in [1.54, 1.807) is 6.07 Å². The first kappa shape index (κ1) is 15.3. The number of anilines is 1. The summed E-state index contributed by atoms with van der Waals surface area (Å²) in [7, 11) is -3.99. The number of nitrogens with zero attached hydrogens (tertiary/aromatic N) is 2. The van der Waals surface area contributed by atoms with Gasteiger partial charge in [-0.25, -0.2) is 0 Å². The number of hydrogen-bond acceptors (Lipinski definition) is 4. The highest BCUT2D eigenvalue weighted by Crippen LogP contribution is 2.25. The van der Waals surface area contributed by atoms with Crippen molar-refractivity contribution in [3.63, 3.8) is 0 Å². The SMILES string of the molecule is CCN1CCN(c2cccc(CS(=O)(=O)O)c2C)CC1. The maximum Gasteiger partial charge on any atom is 0.269 e. The largest absolute Gasteiger partial charge is 0.369 e. The molecule has 1 fully saturated rings. The molecule has 0 unspecified atom stereocenters. The van der Waals surface area contributed by atoms with E-state index in [2.05, 4.69) is 16.7 Å². The van der Waals surface area contributed by atoms with E-state index in [9.17, 15) is 8.42 Å². The number of benzene rings is 1. The van der Waals surface area contributed by atoms with Gasteiger partial charge in [-0.15, -0.1) is 0 Å². The summed E-state index contributed by atoms with van der Waals surface area (Å²) in [6, 6.07) is 5.63. The third kappa shape index (κ3) is 3.71. The molecule has 1 aliphatic heterocycles. The average Bonchev–Trinajstić information content (AvgIpc) is 2.40. The minimum atomic E-state index is -3.99. The van der Waals surface area contributed by atoms with Crippen LogP contribution < -0.4 is 4.90 Å². The molecule has 1 aliphatic rings. The third-order valence-corrected chi connectivity index (χ3v) is 4.59. The first-order valence-electron chi connectivity index (χ1n) is 6.91. The van der Waals surface area contributed by atoms with Crippen molar-refractivity contribution in [2.24, 2.45) is 0 Å². The molecule has 0 spiro atoms. The molecule has 6 heteroatoms. The van der Waals surface area contributed by atoms with Crippen LogP contribution in [0.4, 0.5) is 5.69 Å². The summed E-state index contributed by atoms with van der Waals surface area (Å²) in [4.78, 5) is 4.68.